The van der Waals surface area contributed by atoms with Crippen molar-refractivity contribution in [2.24, 2.45) is 0 Å². The Hall–Kier alpha value is -2.56. The van der Waals surface area contributed by atoms with Gasteiger partial charge in [0.2, 0.25) is 6.41 Å². The molecule has 0 aliphatic carbocycles. The van der Waals surface area contributed by atoms with Crippen LogP contribution in [0, 0.1) is 6.92 Å². The minimum absolute atomic E-state index is 0.266. The van der Waals surface area contributed by atoms with Crippen LogP contribution in [0.15, 0.2) is 40.8 Å². The molecule has 5 heteroatoms. The molecular formula is C13H12N2O3. The summed E-state index contributed by atoms with van der Waals surface area (Å²) in [5, 5.41) is 5.20. The number of amides is 2. The summed E-state index contributed by atoms with van der Waals surface area (Å²) in [5.41, 5.74) is 1.29. The van der Waals surface area contributed by atoms with Gasteiger partial charge in [-0.05, 0) is 43.3 Å². The first-order valence-corrected chi connectivity index (χ1v) is 5.37. The summed E-state index contributed by atoms with van der Waals surface area (Å²) in [6, 6.07) is 10.1. The molecule has 0 atom stereocenters. The van der Waals surface area contributed by atoms with E-state index < -0.39 is 0 Å². The van der Waals surface area contributed by atoms with E-state index >= 15 is 0 Å². The van der Waals surface area contributed by atoms with Crippen molar-refractivity contribution in [3.63, 3.8) is 0 Å². The highest BCUT2D eigenvalue weighted by Crippen LogP contribution is 2.15. The van der Waals surface area contributed by atoms with Crippen LogP contribution in [0.3, 0.4) is 0 Å². The van der Waals surface area contributed by atoms with Crippen LogP contribution in [0.5, 0.6) is 0 Å². The third kappa shape index (κ3) is 2.76. The lowest BCUT2D eigenvalue weighted by atomic mass is 10.2. The van der Waals surface area contributed by atoms with Gasteiger partial charge < -0.3 is 15.1 Å². The number of hydrogen-bond acceptors (Lipinski definition) is 3. The Balaban J connectivity index is 2.05. The molecule has 0 aliphatic rings. The van der Waals surface area contributed by atoms with Gasteiger partial charge >= 0.3 is 0 Å². The smallest absolute Gasteiger partial charge is 0.291 e. The predicted octanol–water partition coefficient (Wildman–Crippen LogP) is 2.41. The quantitative estimate of drug-likeness (QED) is 0.811. The molecule has 92 valence electrons. The van der Waals surface area contributed by atoms with Gasteiger partial charge in [0.1, 0.15) is 5.76 Å². The Morgan fingerprint density at radius 3 is 2.33 bits per heavy atom. The third-order valence-corrected chi connectivity index (χ3v) is 2.33. The maximum absolute atomic E-state index is 11.8. The molecule has 0 saturated heterocycles. The van der Waals surface area contributed by atoms with Gasteiger partial charge in [0.25, 0.3) is 5.91 Å². The van der Waals surface area contributed by atoms with Crippen LogP contribution in [0.25, 0.3) is 0 Å². The summed E-state index contributed by atoms with van der Waals surface area (Å²) in [5.74, 6) is 0.646. The highest BCUT2D eigenvalue weighted by molar-refractivity contribution is 6.02. The molecule has 0 radical (unpaired) electrons. The Morgan fingerprint density at radius 2 is 1.78 bits per heavy atom. The molecule has 0 saturated carbocycles. The monoisotopic (exact) mass is 244 g/mol. The lowest BCUT2D eigenvalue weighted by molar-refractivity contribution is -0.105. The molecule has 2 N–H and O–H groups in total. The topological polar surface area (TPSA) is 71.3 Å². The zero-order chi connectivity index (χ0) is 13.0. The van der Waals surface area contributed by atoms with E-state index in [0.717, 1.165) is 0 Å². The number of anilines is 2. The van der Waals surface area contributed by atoms with Crippen molar-refractivity contribution in [2.75, 3.05) is 10.6 Å². The van der Waals surface area contributed by atoms with Crippen LogP contribution in [0.2, 0.25) is 0 Å². The Bertz CT molecular complexity index is 558. The molecule has 0 aliphatic heterocycles. The first-order chi connectivity index (χ1) is 8.69. The maximum atomic E-state index is 11.8. The summed E-state index contributed by atoms with van der Waals surface area (Å²) in [4.78, 5) is 22.0. The number of furan rings is 1. The van der Waals surface area contributed by atoms with Gasteiger partial charge in [0, 0.05) is 11.4 Å². The number of benzene rings is 1. The molecule has 1 heterocycles. The minimum Gasteiger partial charge on any atom is -0.456 e. The van der Waals surface area contributed by atoms with Crippen LogP contribution in [-0.4, -0.2) is 12.3 Å². The predicted molar refractivity (Wildman–Crippen MR) is 67.5 cm³/mol. The fourth-order valence-electron chi connectivity index (χ4n) is 1.47. The van der Waals surface area contributed by atoms with E-state index in [1.165, 1.54) is 0 Å². The van der Waals surface area contributed by atoms with E-state index in [9.17, 15) is 9.59 Å². The summed E-state index contributed by atoms with van der Waals surface area (Å²) in [6.07, 6.45) is 0.596. The Morgan fingerprint density at radius 1 is 1.11 bits per heavy atom. The average Bonchev–Trinajstić information content (AvgIpc) is 2.79. The lowest BCUT2D eigenvalue weighted by Gasteiger charge is -2.04. The third-order valence-electron chi connectivity index (χ3n) is 2.33. The molecule has 1 aromatic carbocycles. The number of aryl methyl sites for hydroxylation is 1. The van der Waals surface area contributed by atoms with Crippen LogP contribution >= 0.6 is 0 Å². The van der Waals surface area contributed by atoms with Crippen LogP contribution in [-0.2, 0) is 4.79 Å². The second kappa shape index (κ2) is 5.18. The van der Waals surface area contributed by atoms with Crippen molar-refractivity contribution in [1.82, 2.24) is 0 Å². The Kier molecular flexibility index (Phi) is 3.43. The average molecular weight is 244 g/mol. The van der Waals surface area contributed by atoms with E-state index in [1.54, 1.807) is 43.3 Å². The van der Waals surface area contributed by atoms with E-state index in [4.69, 9.17) is 4.42 Å². The first kappa shape index (κ1) is 11.9. The summed E-state index contributed by atoms with van der Waals surface area (Å²) < 4.78 is 5.21. The highest BCUT2D eigenvalue weighted by atomic mass is 16.3. The van der Waals surface area contributed by atoms with E-state index in [0.29, 0.717) is 23.5 Å². The highest BCUT2D eigenvalue weighted by Gasteiger charge is 2.09. The first-order valence-electron chi connectivity index (χ1n) is 5.37. The number of nitrogens with one attached hydrogen (secondary N) is 2. The maximum Gasteiger partial charge on any atom is 0.291 e. The summed E-state index contributed by atoms with van der Waals surface area (Å²) in [7, 11) is 0. The summed E-state index contributed by atoms with van der Waals surface area (Å²) in [6.45, 7) is 1.77. The van der Waals surface area contributed by atoms with Crippen LogP contribution < -0.4 is 10.6 Å². The minimum atomic E-state index is -0.306. The van der Waals surface area contributed by atoms with Crippen molar-refractivity contribution in [2.45, 2.75) is 6.92 Å². The molecule has 0 bridgehead atoms. The molecule has 0 spiro atoms. The van der Waals surface area contributed by atoms with Crippen LogP contribution in [0.1, 0.15) is 16.3 Å². The molecule has 2 aromatic rings. The molecule has 5 nitrogen and oxygen atoms in total. The van der Waals surface area contributed by atoms with Crippen molar-refractivity contribution in [3.8, 4) is 0 Å². The van der Waals surface area contributed by atoms with Crippen molar-refractivity contribution >= 4 is 23.7 Å². The normalized spacial score (nSPS) is 9.83. The molecule has 0 fully saturated rings. The van der Waals surface area contributed by atoms with Gasteiger partial charge in [0.15, 0.2) is 5.76 Å². The molecule has 0 unspecified atom stereocenters. The van der Waals surface area contributed by atoms with Gasteiger partial charge in [-0.2, -0.15) is 0 Å². The second-order valence-corrected chi connectivity index (χ2v) is 3.70. The molecule has 2 amide bonds. The fourth-order valence-corrected chi connectivity index (χ4v) is 1.47. The van der Waals surface area contributed by atoms with Gasteiger partial charge in [-0.3, -0.25) is 9.59 Å². The van der Waals surface area contributed by atoms with Gasteiger partial charge in [-0.25, -0.2) is 0 Å². The van der Waals surface area contributed by atoms with Gasteiger partial charge in [0.05, 0.1) is 0 Å². The molecule has 2 rings (SSSR count). The molecule has 1 aromatic heterocycles. The molecule has 18 heavy (non-hydrogen) atoms. The van der Waals surface area contributed by atoms with Crippen LogP contribution in [0.4, 0.5) is 11.4 Å². The van der Waals surface area contributed by atoms with Crippen molar-refractivity contribution in [3.05, 3.63) is 47.9 Å². The number of rotatable bonds is 4. The number of carbonyl (C=O) groups is 2. The number of hydrogen-bond donors (Lipinski definition) is 2. The zero-order valence-corrected chi connectivity index (χ0v) is 9.77. The van der Waals surface area contributed by atoms with Crippen molar-refractivity contribution in [1.29, 1.82) is 0 Å². The zero-order valence-electron chi connectivity index (χ0n) is 9.77. The SMILES string of the molecule is Cc1ccc(C(=O)Nc2ccc(NC=O)cc2)o1. The lowest BCUT2D eigenvalue weighted by Crippen LogP contribution is -2.10. The number of carbonyl (C=O) groups excluding carboxylic acids is 2. The largest absolute Gasteiger partial charge is 0.456 e. The molecular weight excluding hydrogens is 232 g/mol. The second-order valence-electron chi connectivity index (χ2n) is 3.70. The standard InChI is InChI=1S/C13H12N2O3/c1-9-2-7-12(18-9)13(17)15-11-5-3-10(4-6-11)14-8-16/h2-8H,1H3,(H,14,16)(H,15,17). The van der Waals surface area contributed by atoms with E-state index in [-0.39, 0.29) is 11.7 Å². The summed E-state index contributed by atoms with van der Waals surface area (Å²) >= 11 is 0. The fraction of sp³-hybridized carbons (Fsp3) is 0.0769. The van der Waals surface area contributed by atoms with Crippen molar-refractivity contribution < 1.29 is 14.0 Å². The van der Waals surface area contributed by atoms with Gasteiger partial charge in [-0.1, -0.05) is 0 Å². The Labute approximate surface area is 104 Å². The van der Waals surface area contributed by atoms with E-state index in [2.05, 4.69) is 10.6 Å². The van der Waals surface area contributed by atoms with Gasteiger partial charge in [-0.15, -0.1) is 0 Å². The van der Waals surface area contributed by atoms with E-state index in [1.807, 2.05) is 0 Å².